The minimum absolute atomic E-state index is 0.225. The van der Waals surface area contributed by atoms with Crippen molar-refractivity contribution >= 4 is 5.69 Å². The summed E-state index contributed by atoms with van der Waals surface area (Å²) in [4.78, 5) is 4.80. The van der Waals surface area contributed by atoms with Gasteiger partial charge in [-0.1, -0.05) is 12.1 Å². The van der Waals surface area contributed by atoms with Crippen molar-refractivity contribution < 1.29 is 5.11 Å². The maximum absolute atomic E-state index is 9.41. The lowest BCUT2D eigenvalue weighted by Crippen LogP contribution is -2.48. The fraction of sp³-hybridized carbons (Fsp3) is 0.600. The SMILES string of the molecule is Cc1cccc(N2CCN(CC(C)O)CC2)c1C. The lowest BCUT2D eigenvalue weighted by molar-refractivity contribution is 0.122. The first kappa shape index (κ1) is 13.4. The molecule has 1 aromatic carbocycles. The molecule has 0 radical (unpaired) electrons. The topological polar surface area (TPSA) is 26.7 Å². The van der Waals surface area contributed by atoms with Crippen LogP contribution in [0.1, 0.15) is 18.1 Å². The van der Waals surface area contributed by atoms with Gasteiger partial charge in [-0.2, -0.15) is 0 Å². The molecule has 2 rings (SSSR count). The second kappa shape index (κ2) is 5.72. The molecule has 1 fully saturated rings. The quantitative estimate of drug-likeness (QED) is 0.883. The van der Waals surface area contributed by atoms with Crippen molar-refractivity contribution in [1.82, 2.24) is 4.90 Å². The third kappa shape index (κ3) is 3.03. The Kier molecular flexibility index (Phi) is 4.25. The zero-order chi connectivity index (χ0) is 13.1. The van der Waals surface area contributed by atoms with E-state index in [0.29, 0.717) is 0 Å². The number of β-amino-alcohol motifs (C(OH)–C–C–N with tert-alkyl or cyclic N) is 1. The van der Waals surface area contributed by atoms with E-state index < -0.39 is 0 Å². The second-order valence-corrected chi connectivity index (χ2v) is 5.36. The number of aliphatic hydroxyl groups excluding tert-OH is 1. The number of aryl methyl sites for hydroxylation is 1. The lowest BCUT2D eigenvalue weighted by Gasteiger charge is -2.37. The van der Waals surface area contributed by atoms with Crippen LogP contribution in [0.5, 0.6) is 0 Å². The highest BCUT2D eigenvalue weighted by Crippen LogP contribution is 2.23. The van der Waals surface area contributed by atoms with E-state index in [-0.39, 0.29) is 6.10 Å². The van der Waals surface area contributed by atoms with Crippen molar-refractivity contribution in [3.8, 4) is 0 Å². The minimum atomic E-state index is -0.225. The molecule has 1 unspecified atom stereocenters. The van der Waals surface area contributed by atoms with Crippen molar-refractivity contribution in [1.29, 1.82) is 0 Å². The summed E-state index contributed by atoms with van der Waals surface area (Å²) in [5, 5.41) is 9.41. The largest absolute Gasteiger partial charge is 0.392 e. The number of benzene rings is 1. The molecule has 1 heterocycles. The highest BCUT2D eigenvalue weighted by Gasteiger charge is 2.19. The van der Waals surface area contributed by atoms with E-state index in [9.17, 15) is 5.11 Å². The molecule has 1 aliphatic heterocycles. The van der Waals surface area contributed by atoms with Gasteiger partial charge >= 0.3 is 0 Å². The summed E-state index contributed by atoms with van der Waals surface area (Å²) >= 11 is 0. The molecule has 0 amide bonds. The van der Waals surface area contributed by atoms with E-state index in [1.54, 1.807) is 0 Å². The Bertz CT molecular complexity index is 395. The van der Waals surface area contributed by atoms with Gasteiger partial charge in [0.2, 0.25) is 0 Å². The summed E-state index contributed by atoms with van der Waals surface area (Å²) < 4.78 is 0. The van der Waals surface area contributed by atoms with Crippen molar-refractivity contribution in [3.63, 3.8) is 0 Å². The van der Waals surface area contributed by atoms with Crippen LogP contribution in [0.15, 0.2) is 18.2 Å². The average Bonchev–Trinajstić information content (AvgIpc) is 2.33. The molecule has 0 bridgehead atoms. The van der Waals surface area contributed by atoms with E-state index >= 15 is 0 Å². The Labute approximate surface area is 110 Å². The molecular weight excluding hydrogens is 224 g/mol. The van der Waals surface area contributed by atoms with Crippen LogP contribution >= 0.6 is 0 Å². The van der Waals surface area contributed by atoms with E-state index in [0.717, 1.165) is 32.7 Å². The highest BCUT2D eigenvalue weighted by atomic mass is 16.3. The zero-order valence-corrected chi connectivity index (χ0v) is 11.7. The minimum Gasteiger partial charge on any atom is -0.392 e. The summed E-state index contributed by atoms with van der Waals surface area (Å²) in [6.45, 7) is 11.2. The van der Waals surface area contributed by atoms with Crippen molar-refractivity contribution in [3.05, 3.63) is 29.3 Å². The van der Waals surface area contributed by atoms with Gasteiger partial charge in [0.25, 0.3) is 0 Å². The van der Waals surface area contributed by atoms with E-state index in [4.69, 9.17) is 0 Å². The summed E-state index contributed by atoms with van der Waals surface area (Å²) in [5.74, 6) is 0. The van der Waals surface area contributed by atoms with Gasteiger partial charge in [0, 0.05) is 38.4 Å². The van der Waals surface area contributed by atoms with Gasteiger partial charge < -0.3 is 10.0 Å². The number of rotatable bonds is 3. The smallest absolute Gasteiger partial charge is 0.0639 e. The Morgan fingerprint density at radius 2 is 1.83 bits per heavy atom. The number of hydrogen-bond donors (Lipinski definition) is 1. The Hall–Kier alpha value is -1.06. The van der Waals surface area contributed by atoms with E-state index in [2.05, 4.69) is 41.8 Å². The molecule has 0 saturated carbocycles. The molecule has 1 saturated heterocycles. The number of hydrogen-bond acceptors (Lipinski definition) is 3. The molecule has 0 aliphatic carbocycles. The van der Waals surface area contributed by atoms with Gasteiger partial charge in [0.05, 0.1) is 6.10 Å². The van der Waals surface area contributed by atoms with Crippen LogP contribution in [0.25, 0.3) is 0 Å². The Morgan fingerprint density at radius 1 is 1.17 bits per heavy atom. The third-order valence-corrected chi connectivity index (χ3v) is 3.81. The number of piperazine rings is 1. The zero-order valence-electron chi connectivity index (χ0n) is 11.7. The first-order valence-corrected chi connectivity index (χ1v) is 6.79. The van der Waals surface area contributed by atoms with Crippen LogP contribution in [-0.4, -0.2) is 48.8 Å². The molecule has 1 aromatic rings. The summed E-state index contributed by atoms with van der Waals surface area (Å²) in [7, 11) is 0. The molecule has 3 heteroatoms. The van der Waals surface area contributed by atoms with Crippen LogP contribution in [0.2, 0.25) is 0 Å². The summed E-state index contributed by atoms with van der Waals surface area (Å²) in [5.41, 5.74) is 4.12. The monoisotopic (exact) mass is 248 g/mol. The van der Waals surface area contributed by atoms with Crippen molar-refractivity contribution in [2.24, 2.45) is 0 Å². The summed E-state index contributed by atoms with van der Waals surface area (Å²) in [6.07, 6.45) is -0.225. The van der Waals surface area contributed by atoms with Crippen LogP contribution in [0, 0.1) is 13.8 Å². The predicted molar refractivity (Wildman–Crippen MR) is 76.2 cm³/mol. The van der Waals surface area contributed by atoms with Crippen LogP contribution in [-0.2, 0) is 0 Å². The highest BCUT2D eigenvalue weighted by molar-refractivity contribution is 5.56. The third-order valence-electron chi connectivity index (χ3n) is 3.81. The Balaban J connectivity index is 1.99. The second-order valence-electron chi connectivity index (χ2n) is 5.36. The number of nitrogens with zero attached hydrogens (tertiary/aromatic N) is 2. The maximum Gasteiger partial charge on any atom is 0.0639 e. The molecule has 1 N–H and O–H groups in total. The summed E-state index contributed by atoms with van der Waals surface area (Å²) in [6, 6.07) is 6.52. The molecule has 18 heavy (non-hydrogen) atoms. The van der Waals surface area contributed by atoms with Gasteiger partial charge in [0.15, 0.2) is 0 Å². The standard InChI is InChI=1S/C15H24N2O/c1-12-5-4-6-15(14(12)3)17-9-7-16(8-10-17)11-13(2)18/h4-6,13,18H,7-11H2,1-3H3. The molecular formula is C15H24N2O. The van der Waals surface area contributed by atoms with Crippen molar-refractivity contribution in [2.75, 3.05) is 37.6 Å². The van der Waals surface area contributed by atoms with Crippen LogP contribution < -0.4 is 4.90 Å². The maximum atomic E-state index is 9.41. The number of aliphatic hydroxyl groups is 1. The van der Waals surface area contributed by atoms with Crippen LogP contribution in [0.4, 0.5) is 5.69 Å². The molecule has 0 aromatic heterocycles. The van der Waals surface area contributed by atoms with E-state index in [1.165, 1.54) is 16.8 Å². The molecule has 100 valence electrons. The first-order valence-electron chi connectivity index (χ1n) is 6.79. The average molecular weight is 248 g/mol. The van der Waals surface area contributed by atoms with Crippen molar-refractivity contribution in [2.45, 2.75) is 26.9 Å². The first-order chi connectivity index (χ1) is 8.58. The van der Waals surface area contributed by atoms with Crippen LogP contribution in [0.3, 0.4) is 0 Å². The fourth-order valence-electron chi connectivity index (χ4n) is 2.62. The normalized spacial score (nSPS) is 19.0. The molecule has 1 atom stereocenters. The van der Waals surface area contributed by atoms with Gasteiger partial charge in [-0.15, -0.1) is 0 Å². The van der Waals surface area contributed by atoms with Gasteiger partial charge in [-0.05, 0) is 38.0 Å². The Morgan fingerprint density at radius 3 is 2.44 bits per heavy atom. The van der Waals surface area contributed by atoms with Gasteiger partial charge in [0.1, 0.15) is 0 Å². The number of anilines is 1. The van der Waals surface area contributed by atoms with Gasteiger partial charge in [-0.3, -0.25) is 4.90 Å². The molecule has 0 spiro atoms. The predicted octanol–water partition coefficient (Wildman–Crippen LogP) is 1.81. The molecule has 3 nitrogen and oxygen atoms in total. The van der Waals surface area contributed by atoms with E-state index in [1.807, 2.05) is 6.92 Å². The fourth-order valence-corrected chi connectivity index (χ4v) is 2.62. The lowest BCUT2D eigenvalue weighted by atomic mass is 10.1. The molecule has 1 aliphatic rings. The van der Waals surface area contributed by atoms with Gasteiger partial charge in [-0.25, -0.2) is 0 Å².